The smallest absolute Gasteiger partial charge is 0.0965 e. The Morgan fingerprint density at radius 3 is 2.57 bits per heavy atom. The monoisotopic (exact) mass is 287 g/mol. The lowest BCUT2D eigenvalue weighted by molar-refractivity contribution is 0.421. The molecular formula is C16H25N5. The molecule has 1 N–H and O–H groups in total. The summed E-state index contributed by atoms with van der Waals surface area (Å²) in [6, 6.07) is 10.4. The van der Waals surface area contributed by atoms with E-state index in [0.29, 0.717) is 0 Å². The van der Waals surface area contributed by atoms with Crippen molar-refractivity contribution in [1.82, 2.24) is 20.3 Å². The van der Waals surface area contributed by atoms with Gasteiger partial charge in [-0.1, -0.05) is 23.4 Å². The number of anilines is 1. The first-order valence-corrected chi connectivity index (χ1v) is 7.34. The Hall–Kier alpha value is -1.88. The van der Waals surface area contributed by atoms with Crippen molar-refractivity contribution in [2.24, 2.45) is 0 Å². The summed E-state index contributed by atoms with van der Waals surface area (Å²) in [6.45, 7) is 8.91. The van der Waals surface area contributed by atoms with Crippen LogP contribution in [0.5, 0.6) is 0 Å². The van der Waals surface area contributed by atoms with E-state index in [1.165, 1.54) is 5.69 Å². The number of para-hydroxylation sites is 1. The Kier molecular flexibility index (Phi) is 4.96. The zero-order valence-corrected chi connectivity index (χ0v) is 13.4. The van der Waals surface area contributed by atoms with Crippen molar-refractivity contribution in [3.63, 3.8) is 0 Å². The third-order valence-corrected chi connectivity index (χ3v) is 3.25. The van der Waals surface area contributed by atoms with Crippen molar-refractivity contribution in [1.29, 1.82) is 0 Å². The van der Waals surface area contributed by atoms with Gasteiger partial charge in [-0.3, -0.25) is 4.68 Å². The van der Waals surface area contributed by atoms with Crippen LogP contribution in [-0.4, -0.2) is 34.1 Å². The summed E-state index contributed by atoms with van der Waals surface area (Å²) in [7, 11) is 2.09. The molecular weight excluding hydrogens is 262 g/mol. The fourth-order valence-corrected chi connectivity index (χ4v) is 1.95. The Morgan fingerprint density at radius 1 is 1.19 bits per heavy atom. The fourth-order valence-electron chi connectivity index (χ4n) is 1.95. The molecule has 0 bridgehead atoms. The van der Waals surface area contributed by atoms with E-state index in [4.69, 9.17) is 0 Å². The molecule has 0 aliphatic heterocycles. The van der Waals surface area contributed by atoms with Gasteiger partial charge in [0.2, 0.25) is 0 Å². The van der Waals surface area contributed by atoms with Gasteiger partial charge in [0.25, 0.3) is 0 Å². The zero-order valence-electron chi connectivity index (χ0n) is 13.4. The quantitative estimate of drug-likeness (QED) is 0.885. The predicted octanol–water partition coefficient (Wildman–Crippen LogP) is 2.30. The molecule has 0 radical (unpaired) electrons. The maximum Gasteiger partial charge on any atom is 0.0965 e. The van der Waals surface area contributed by atoms with E-state index in [0.717, 1.165) is 25.3 Å². The zero-order chi connectivity index (χ0) is 15.3. The summed E-state index contributed by atoms with van der Waals surface area (Å²) >= 11 is 0. The number of hydrogen-bond acceptors (Lipinski definition) is 4. The van der Waals surface area contributed by atoms with Gasteiger partial charge in [-0.2, -0.15) is 0 Å². The highest BCUT2D eigenvalue weighted by Gasteiger charge is 2.10. The van der Waals surface area contributed by atoms with Crippen LogP contribution in [0.25, 0.3) is 0 Å². The first-order valence-electron chi connectivity index (χ1n) is 7.34. The van der Waals surface area contributed by atoms with E-state index in [1.54, 1.807) is 0 Å². The van der Waals surface area contributed by atoms with Gasteiger partial charge in [0.1, 0.15) is 0 Å². The molecule has 0 unspecified atom stereocenters. The average Bonchev–Trinajstić information content (AvgIpc) is 2.91. The summed E-state index contributed by atoms with van der Waals surface area (Å²) in [4.78, 5) is 2.22. The number of benzene rings is 1. The molecule has 1 heterocycles. The van der Waals surface area contributed by atoms with E-state index in [2.05, 4.69) is 72.6 Å². The lowest BCUT2D eigenvalue weighted by Crippen LogP contribution is -2.35. The average molecular weight is 287 g/mol. The molecule has 1 aromatic heterocycles. The number of hydrogen-bond donors (Lipinski definition) is 1. The van der Waals surface area contributed by atoms with Gasteiger partial charge in [0.15, 0.2) is 0 Å². The molecule has 0 aliphatic carbocycles. The largest absolute Gasteiger partial charge is 0.373 e. The molecule has 0 saturated heterocycles. The van der Waals surface area contributed by atoms with E-state index in [1.807, 2.05) is 16.9 Å². The molecule has 5 nitrogen and oxygen atoms in total. The second-order valence-corrected chi connectivity index (χ2v) is 6.33. The van der Waals surface area contributed by atoms with Gasteiger partial charge in [0, 0.05) is 37.6 Å². The van der Waals surface area contributed by atoms with Crippen LogP contribution in [0.1, 0.15) is 26.5 Å². The van der Waals surface area contributed by atoms with E-state index in [-0.39, 0.29) is 5.54 Å². The van der Waals surface area contributed by atoms with E-state index >= 15 is 0 Å². The summed E-state index contributed by atoms with van der Waals surface area (Å²) in [6.07, 6.45) is 2.01. The molecule has 0 fully saturated rings. The maximum atomic E-state index is 4.20. The predicted molar refractivity (Wildman–Crippen MR) is 86.3 cm³/mol. The summed E-state index contributed by atoms with van der Waals surface area (Å²) in [5.74, 6) is 0. The van der Waals surface area contributed by atoms with Crippen molar-refractivity contribution in [3.05, 3.63) is 42.2 Å². The Labute approximate surface area is 127 Å². The maximum absolute atomic E-state index is 4.20. The third-order valence-electron chi connectivity index (χ3n) is 3.25. The number of aromatic nitrogens is 3. The third kappa shape index (κ3) is 5.19. The number of rotatable bonds is 6. The van der Waals surface area contributed by atoms with Gasteiger partial charge < -0.3 is 10.2 Å². The van der Waals surface area contributed by atoms with Crippen molar-refractivity contribution < 1.29 is 0 Å². The molecule has 0 amide bonds. The molecule has 2 aromatic rings. The van der Waals surface area contributed by atoms with Crippen molar-refractivity contribution in [2.75, 3.05) is 18.5 Å². The Morgan fingerprint density at radius 2 is 1.90 bits per heavy atom. The molecule has 0 saturated carbocycles. The molecule has 1 aromatic carbocycles. The lowest BCUT2D eigenvalue weighted by Gasteiger charge is -2.19. The minimum Gasteiger partial charge on any atom is -0.373 e. The van der Waals surface area contributed by atoms with E-state index < -0.39 is 0 Å². The second kappa shape index (κ2) is 6.72. The van der Waals surface area contributed by atoms with Crippen LogP contribution in [0.15, 0.2) is 36.5 Å². The first-order chi connectivity index (χ1) is 9.94. The highest BCUT2D eigenvalue weighted by molar-refractivity contribution is 5.44. The van der Waals surface area contributed by atoms with Crippen LogP contribution < -0.4 is 10.2 Å². The van der Waals surface area contributed by atoms with Crippen molar-refractivity contribution in [2.45, 2.75) is 39.4 Å². The minimum atomic E-state index is 0.0946. The van der Waals surface area contributed by atoms with Crippen molar-refractivity contribution >= 4 is 5.69 Å². The summed E-state index contributed by atoms with van der Waals surface area (Å²) < 4.78 is 1.90. The van der Waals surface area contributed by atoms with Crippen LogP contribution in [0, 0.1) is 0 Å². The van der Waals surface area contributed by atoms with Crippen LogP contribution in [0.2, 0.25) is 0 Å². The lowest BCUT2D eigenvalue weighted by atomic mass is 10.1. The number of likely N-dealkylation sites (N-methyl/N-ethyl adjacent to an activating group) is 1. The van der Waals surface area contributed by atoms with Gasteiger partial charge in [0.05, 0.1) is 12.2 Å². The number of nitrogens with zero attached hydrogens (tertiary/aromatic N) is 4. The molecule has 5 heteroatoms. The molecule has 2 rings (SSSR count). The van der Waals surface area contributed by atoms with E-state index in [9.17, 15) is 0 Å². The minimum absolute atomic E-state index is 0.0946. The molecule has 0 atom stereocenters. The van der Waals surface area contributed by atoms with Crippen molar-refractivity contribution in [3.8, 4) is 0 Å². The topological polar surface area (TPSA) is 46.0 Å². The van der Waals surface area contributed by atoms with Gasteiger partial charge in [-0.05, 0) is 32.9 Å². The number of nitrogens with one attached hydrogen (secondary N) is 1. The highest BCUT2D eigenvalue weighted by atomic mass is 15.4. The molecule has 0 aliphatic rings. The van der Waals surface area contributed by atoms with Gasteiger partial charge in [-0.15, -0.1) is 5.10 Å². The van der Waals surface area contributed by atoms with Crippen LogP contribution >= 0.6 is 0 Å². The van der Waals surface area contributed by atoms with Gasteiger partial charge >= 0.3 is 0 Å². The standard InChI is InChI=1S/C16H25N5/c1-16(2,3)17-12-14-13-21(19-18-14)11-10-20(4)15-8-6-5-7-9-15/h5-9,13,17H,10-12H2,1-4H3. The Balaban J connectivity index is 1.83. The normalized spacial score (nSPS) is 11.6. The van der Waals surface area contributed by atoms with Gasteiger partial charge in [-0.25, -0.2) is 0 Å². The van der Waals surface area contributed by atoms with Crippen LogP contribution in [-0.2, 0) is 13.1 Å². The molecule has 0 spiro atoms. The summed E-state index contributed by atoms with van der Waals surface area (Å²) in [5.41, 5.74) is 2.29. The fraction of sp³-hybridized carbons (Fsp3) is 0.500. The molecule has 114 valence electrons. The highest BCUT2D eigenvalue weighted by Crippen LogP contribution is 2.10. The van der Waals surface area contributed by atoms with Crippen LogP contribution in [0.4, 0.5) is 5.69 Å². The Bertz CT molecular complexity index is 541. The summed E-state index contributed by atoms with van der Waals surface area (Å²) in [5, 5.41) is 11.8. The van der Waals surface area contributed by atoms with Crippen LogP contribution in [0.3, 0.4) is 0 Å². The second-order valence-electron chi connectivity index (χ2n) is 6.33. The first kappa shape index (κ1) is 15.5. The molecule has 21 heavy (non-hydrogen) atoms. The SMILES string of the molecule is CN(CCn1cc(CNC(C)(C)C)nn1)c1ccccc1.